The first kappa shape index (κ1) is 12.0. The van der Waals surface area contributed by atoms with Crippen LogP contribution in [0, 0.1) is 0 Å². The third-order valence-electron chi connectivity index (χ3n) is 3.37. The Morgan fingerprint density at radius 3 is 2.79 bits per heavy atom. The molecule has 2 nitrogen and oxygen atoms in total. The summed E-state index contributed by atoms with van der Waals surface area (Å²) in [6, 6.07) is 0.431. The standard InChI is InChI=1S/C12H25NO/c1-3-4-5-9-12(14)11-8-6-7-10-13(11)2/h11-12,14H,3-10H2,1-2H3. The van der Waals surface area contributed by atoms with Crippen molar-refractivity contribution in [1.82, 2.24) is 4.90 Å². The van der Waals surface area contributed by atoms with Gasteiger partial charge < -0.3 is 10.0 Å². The van der Waals surface area contributed by atoms with Gasteiger partial charge in [-0.15, -0.1) is 0 Å². The molecule has 0 spiro atoms. The van der Waals surface area contributed by atoms with Gasteiger partial charge in [-0.1, -0.05) is 32.6 Å². The van der Waals surface area contributed by atoms with Crippen molar-refractivity contribution >= 4 is 0 Å². The molecule has 2 heteroatoms. The quantitative estimate of drug-likeness (QED) is 0.687. The number of aliphatic hydroxyl groups is 1. The van der Waals surface area contributed by atoms with E-state index < -0.39 is 0 Å². The lowest BCUT2D eigenvalue weighted by molar-refractivity contribution is 0.0344. The average Bonchev–Trinajstić information content (AvgIpc) is 2.18. The summed E-state index contributed by atoms with van der Waals surface area (Å²) < 4.78 is 0. The van der Waals surface area contributed by atoms with E-state index >= 15 is 0 Å². The Balaban J connectivity index is 2.23. The fourth-order valence-corrected chi connectivity index (χ4v) is 2.38. The lowest BCUT2D eigenvalue weighted by atomic mass is 9.95. The highest BCUT2D eigenvalue weighted by molar-refractivity contribution is 4.80. The average molecular weight is 199 g/mol. The molecular weight excluding hydrogens is 174 g/mol. The molecule has 14 heavy (non-hydrogen) atoms. The van der Waals surface area contributed by atoms with E-state index in [0.29, 0.717) is 6.04 Å². The number of hydrogen-bond donors (Lipinski definition) is 1. The predicted molar refractivity (Wildman–Crippen MR) is 60.4 cm³/mol. The first-order valence-corrected chi connectivity index (χ1v) is 6.14. The Hall–Kier alpha value is -0.0800. The summed E-state index contributed by atoms with van der Waals surface area (Å²) in [6.45, 7) is 3.37. The van der Waals surface area contributed by atoms with E-state index in [0.717, 1.165) is 13.0 Å². The molecular formula is C12H25NO. The van der Waals surface area contributed by atoms with E-state index in [2.05, 4.69) is 18.9 Å². The summed E-state index contributed by atoms with van der Waals surface area (Å²) in [6.07, 6.45) is 8.36. The van der Waals surface area contributed by atoms with Crippen molar-refractivity contribution in [2.24, 2.45) is 0 Å². The maximum atomic E-state index is 10.0. The van der Waals surface area contributed by atoms with E-state index in [1.807, 2.05) is 0 Å². The van der Waals surface area contributed by atoms with Crippen LogP contribution in [0.15, 0.2) is 0 Å². The van der Waals surface area contributed by atoms with Crippen LogP contribution in [-0.2, 0) is 0 Å². The second-order valence-electron chi connectivity index (χ2n) is 4.61. The maximum absolute atomic E-state index is 10.0. The first-order valence-electron chi connectivity index (χ1n) is 6.14. The smallest absolute Gasteiger partial charge is 0.0695 e. The highest BCUT2D eigenvalue weighted by Crippen LogP contribution is 2.20. The number of aliphatic hydroxyl groups excluding tert-OH is 1. The Bertz CT molecular complexity index is 149. The zero-order chi connectivity index (χ0) is 10.4. The van der Waals surface area contributed by atoms with Crippen LogP contribution in [0.4, 0.5) is 0 Å². The van der Waals surface area contributed by atoms with Crippen LogP contribution in [0.1, 0.15) is 51.9 Å². The van der Waals surface area contributed by atoms with Crippen molar-refractivity contribution in [1.29, 1.82) is 0 Å². The van der Waals surface area contributed by atoms with Gasteiger partial charge in [0, 0.05) is 6.04 Å². The summed E-state index contributed by atoms with van der Waals surface area (Å²) in [5.74, 6) is 0. The molecule has 0 aromatic heterocycles. The van der Waals surface area contributed by atoms with Gasteiger partial charge in [0.25, 0.3) is 0 Å². The summed E-state index contributed by atoms with van der Waals surface area (Å²) >= 11 is 0. The number of piperidine rings is 1. The Kier molecular flexibility index (Phi) is 5.49. The second-order valence-corrected chi connectivity index (χ2v) is 4.61. The topological polar surface area (TPSA) is 23.5 Å². The summed E-state index contributed by atoms with van der Waals surface area (Å²) in [4.78, 5) is 2.33. The molecule has 1 aliphatic rings. The molecule has 1 heterocycles. The molecule has 0 aromatic carbocycles. The molecule has 2 unspecified atom stereocenters. The van der Waals surface area contributed by atoms with Crippen LogP contribution in [-0.4, -0.2) is 35.7 Å². The largest absolute Gasteiger partial charge is 0.391 e. The van der Waals surface area contributed by atoms with E-state index in [1.54, 1.807) is 0 Å². The molecule has 84 valence electrons. The maximum Gasteiger partial charge on any atom is 0.0695 e. The van der Waals surface area contributed by atoms with Crippen molar-refractivity contribution in [3.63, 3.8) is 0 Å². The van der Waals surface area contributed by atoms with E-state index in [9.17, 15) is 5.11 Å². The van der Waals surface area contributed by atoms with Crippen LogP contribution < -0.4 is 0 Å². The van der Waals surface area contributed by atoms with Gasteiger partial charge in [0.1, 0.15) is 0 Å². The number of likely N-dealkylation sites (N-methyl/N-ethyl adjacent to an activating group) is 1. The Labute approximate surface area is 88.3 Å². The minimum Gasteiger partial charge on any atom is -0.391 e. The van der Waals surface area contributed by atoms with Crippen molar-refractivity contribution < 1.29 is 5.11 Å². The van der Waals surface area contributed by atoms with E-state index in [1.165, 1.54) is 38.5 Å². The lowest BCUT2D eigenvalue weighted by Crippen LogP contribution is -2.44. The molecule has 1 aliphatic heterocycles. The minimum absolute atomic E-state index is 0.0909. The number of unbranched alkanes of at least 4 members (excludes halogenated alkanes) is 2. The summed E-state index contributed by atoms with van der Waals surface area (Å²) in [5, 5.41) is 10.0. The van der Waals surface area contributed by atoms with Crippen molar-refractivity contribution in [2.75, 3.05) is 13.6 Å². The number of hydrogen-bond acceptors (Lipinski definition) is 2. The van der Waals surface area contributed by atoms with E-state index in [-0.39, 0.29) is 6.10 Å². The predicted octanol–water partition coefficient (Wildman–Crippen LogP) is 2.41. The van der Waals surface area contributed by atoms with Gasteiger partial charge in [-0.05, 0) is 32.9 Å². The molecule has 2 atom stereocenters. The molecule has 0 saturated carbocycles. The molecule has 1 fully saturated rings. The third kappa shape index (κ3) is 3.58. The van der Waals surface area contributed by atoms with Crippen LogP contribution in [0.25, 0.3) is 0 Å². The van der Waals surface area contributed by atoms with Gasteiger partial charge >= 0.3 is 0 Å². The number of nitrogens with zero attached hydrogens (tertiary/aromatic N) is 1. The molecule has 1 saturated heterocycles. The zero-order valence-electron chi connectivity index (χ0n) is 9.71. The fourth-order valence-electron chi connectivity index (χ4n) is 2.38. The SMILES string of the molecule is CCCCCC(O)C1CCCCN1C. The number of rotatable bonds is 5. The fraction of sp³-hybridized carbons (Fsp3) is 1.00. The van der Waals surface area contributed by atoms with Gasteiger partial charge in [-0.2, -0.15) is 0 Å². The molecule has 0 aliphatic carbocycles. The van der Waals surface area contributed by atoms with Gasteiger partial charge in [0.2, 0.25) is 0 Å². The zero-order valence-corrected chi connectivity index (χ0v) is 9.71. The molecule has 0 aromatic rings. The van der Waals surface area contributed by atoms with E-state index in [4.69, 9.17) is 0 Å². The van der Waals surface area contributed by atoms with Crippen molar-refractivity contribution in [2.45, 2.75) is 64.0 Å². The highest BCUT2D eigenvalue weighted by atomic mass is 16.3. The molecule has 0 amide bonds. The molecule has 1 N–H and O–H groups in total. The summed E-state index contributed by atoms with van der Waals surface area (Å²) in [7, 11) is 2.15. The van der Waals surface area contributed by atoms with Crippen molar-refractivity contribution in [3.05, 3.63) is 0 Å². The normalized spacial score (nSPS) is 26.4. The monoisotopic (exact) mass is 199 g/mol. The lowest BCUT2D eigenvalue weighted by Gasteiger charge is -2.35. The van der Waals surface area contributed by atoms with Gasteiger partial charge in [-0.3, -0.25) is 0 Å². The second kappa shape index (κ2) is 6.41. The summed E-state index contributed by atoms with van der Waals surface area (Å²) in [5.41, 5.74) is 0. The highest BCUT2D eigenvalue weighted by Gasteiger charge is 2.25. The van der Waals surface area contributed by atoms with Crippen LogP contribution >= 0.6 is 0 Å². The van der Waals surface area contributed by atoms with Crippen molar-refractivity contribution in [3.8, 4) is 0 Å². The third-order valence-corrected chi connectivity index (χ3v) is 3.37. The molecule has 1 rings (SSSR count). The Morgan fingerprint density at radius 2 is 2.14 bits per heavy atom. The minimum atomic E-state index is -0.0909. The van der Waals surface area contributed by atoms with Crippen LogP contribution in [0.2, 0.25) is 0 Å². The molecule has 0 bridgehead atoms. The van der Waals surface area contributed by atoms with Gasteiger partial charge in [-0.25, -0.2) is 0 Å². The number of likely N-dealkylation sites (tertiary alicyclic amines) is 1. The van der Waals surface area contributed by atoms with Crippen LogP contribution in [0.5, 0.6) is 0 Å². The van der Waals surface area contributed by atoms with Gasteiger partial charge in [0.15, 0.2) is 0 Å². The van der Waals surface area contributed by atoms with Gasteiger partial charge in [0.05, 0.1) is 6.10 Å². The van der Waals surface area contributed by atoms with Crippen LogP contribution in [0.3, 0.4) is 0 Å². The Morgan fingerprint density at radius 1 is 1.36 bits per heavy atom. The first-order chi connectivity index (χ1) is 6.75. The molecule has 0 radical (unpaired) electrons.